The highest BCUT2D eigenvalue weighted by Crippen LogP contribution is 2.36. The van der Waals surface area contributed by atoms with E-state index in [4.69, 9.17) is 4.74 Å². The number of thiazole rings is 1. The maximum absolute atomic E-state index is 12.1. The van der Waals surface area contributed by atoms with Crippen molar-refractivity contribution in [3.05, 3.63) is 16.6 Å². The first kappa shape index (κ1) is 12.1. The van der Waals surface area contributed by atoms with Crippen LogP contribution in [0.4, 0.5) is 0 Å². The molecule has 0 bridgehead atoms. The second-order valence-electron chi connectivity index (χ2n) is 5.18. The highest BCUT2D eigenvalue weighted by molar-refractivity contribution is 7.07. The van der Waals surface area contributed by atoms with Crippen molar-refractivity contribution in [2.75, 3.05) is 13.2 Å². The molecule has 1 aromatic rings. The Morgan fingerprint density at radius 2 is 2.39 bits per heavy atom. The summed E-state index contributed by atoms with van der Waals surface area (Å²) < 4.78 is 5.90. The maximum Gasteiger partial charge on any atom is 0.223 e. The van der Waals surface area contributed by atoms with Gasteiger partial charge in [0.05, 0.1) is 23.4 Å². The molecule has 98 valence electrons. The Labute approximate surface area is 111 Å². The molecule has 3 heterocycles. The summed E-state index contributed by atoms with van der Waals surface area (Å²) >= 11 is 1.58. The molecule has 1 unspecified atom stereocenters. The molecule has 2 saturated heterocycles. The Kier molecular flexibility index (Phi) is 3.35. The first-order chi connectivity index (χ1) is 8.77. The molecule has 0 saturated carbocycles. The van der Waals surface area contributed by atoms with Crippen molar-refractivity contribution in [1.29, 1.82) is 0 Å². The Morgan fingerprint density at radius 3 is 3.11 bits per heavy atom. The average molecular weight is 266 g/mol. The number of ether oxygens (including phenoxy) is 1. The van der Waals surface area contributed by atoms with Crippen molar-refractivity contribution in [2.45, 2.75) is 44.2 Å². The van der Waals surface area contributed by atoms with Crippen LogP contribution < -0.4 is 0 Å². The van der Waals surface area contributed by atoms with Gasteiger partial charge in [-0.2, -0.15) is 0 Å². The summed E-state index contributed by atoms with van der Waals surface area (Å²) in [6.45, 7) is 2.31. The van der Waals surface area contributed by atoms with Gasteiger partial charge < -0.3 is 9.64 Å². The maximum atomic E-state index is 12.1. The molecule has 2 fully saturated rings. The summed E-state index contributed by atoms with van der Waals surface area (Å²) in [4.78, 5) is 18.3. The van der Waals surface area contributed by atoms with Gasteiger partial charge in [0.15, 0.2) is 0 Å². The standard InChI is InChI=1S/C13H18N2O2S/c16-12-2-4-13(3-1-7-17-13)5-6-15(12)8-11-9-18-10-14-11/h9-10H,1-8H2. The average Bonchev–Trinajstić information content (AvgIpc) is 3.01. The molecule has 4 nitrogen and oxygen atoms in total. The fraction of sp³-hybridized carbons (Fsp3) is 0.692. The van der Waals surface area contributed by atoms with E-state index in [1.54, 1.807) is 11.3 Å². The lowest BCUT2D eigenvalue weighted by atomic mass is 9.92. The number of likely N-dealkylation sites (tertiary alicyclic amines) is 1. The Bertz CT molecular complexity index is 413. The largest absolute Gasteiger partial charge is 0.375 e. The van der Waals surface area contributed by atoms with Gasteiger partial charge in [0, 0.05) is 25.0 Å². The number of rotatable bonds is 2. The van der Waals surface area contributed by atoms with Gasteiger partial charge in [0.25, 0.3) is 0 Å². The minimum Gasteiger partial charge on any atom is -0.375 e. The molecular weight excluding hydrogens is 248 g/mol. The zero-order valence-electron chi connectivity index (χ0n) is 10.4. The normalized spacial score (nSPS) is 28.9. The van der Waals surface area contributed by atoms with Crippen LogP contribution in [0.2, 0.25) is 0 Å². The van der Waals surface area contributed by atoms with Crippen LogP contribution in [0.5, 0.6) is 0 Å². The van der Waals surface area contributed by atoms with Crippen molar-refractivity contribution in [3.63, 3.8) is 0 Å². The first-order valence-corrected chi connectivity index (χ1v) is 7.51. The molecule has 5 heteroatoms. The van der Waals surface area contributed by atoms with Crippen LogP contribution in [0, 0.1) is 0 Å². The fourth-order valence-corrected chi connectivity index (χ4v) is 3.46. The molecule has 0 radical (unpaired) electrons. The highest BCUT2D eigenvalue weighted by atomic mass is 32.1. The number of aromatic nitrogens is 1. The smallest absolute Gasteiger partial charge is 0.223 e. The fourth-order valence-electron chi connectivity index (χ4n) is 2.91. The zero-order valence-corrected chi connectivity index (χ0v) is 11.2. The molecule has 1 aromatic heterocycles. The third-order valence-corrected chi connectivity index (χ3v) is 4.64. The van der Waals surface area contributed by atoms with Gasteiger partial charge in [-0.1, -0.05) is 0 Å². The summed E-state index contributed by atoms with van der Waals surface area (Å²) in [5, 5.41) is 2.01. The minimum absolute atomic E-state index is 0.00746. The van der Waals surface area contributed by atoms with Crippen LogP contribution in [0.25, 0.3) is 0 Å². The summed E-state index contributed by atoms with van der Waals surface area (Å²) in [5.41, 5.74) is 2.81. The Balaban J connectivity index is 1.67. The van der Waals surface area contributed by atoms with E-state index < -0.39 is 0 Å². The van der Waals surface area contributed by atoms with Crippen LogP contribution in [-0.2, 0) is 16.1 Å². The van der Waals surface area contributed by atoms with Crippen molar-refractivity contribution < 1.29 is 9.53 Å². The second kappa shape index (κ2) is 4.97. The van der Waals surface area contributed by atoms with Gasteiger partial charge in [0.2, 0.25) is 5.91 Å². The number of carbonyl (C=O) groups is 1. The van der Waals surface area contributed by atoms with Crippen LogP contribution in [0.15, 0.2) is 10.9 Å². The number of nitrogens with zero attached hydrogens (tertiary/aromatic N) is 2. The lowest BCUT2D eigenvalue weighted by Crippen LogP contribution is -2.32. The lowest BCUT2D eigenvalue weighted by molar-refractivity contribution is -0.131. The van der Waals surface area contributed by atoms with E-state index in [0.717, 1.165) is 44.5 Å². The van der Waals surface area contributed by atoms with E-state index in [-0.39, 0.29) is 11.5 Å². The monoisotopic (exact) mass is 266 g/mol. The van der Waals surface area contributed by atoms with Gasteiger partial charge in [-0.25, -0.2) is 4.98 Å². The molecule has 18 heavy (non-hydrogen) atoms. The van der Waals surface area contributed by atoms with Gasteiger partial charge in [0.1, 0.15) is 0 Å². The van der Waals surface area contributed by atoms with Crippen molar-refractivity contribution >= 4 is 17.2 Å². The summed E-state index contributed by atoms with van der Waals surface area (Å²) in [5.74, 6) is 0.246. The number of amides is 1. The number of hydrogen-bond donors (Lipinski definition) is 0. The Hall–Kier alpha value is -0.940. The van der Waals surface area contributed by atoms with E-state index in [9.17, 15) is 4.79 Å². The van der Waals surface area contributed by atoms with Crippen molar-refractivity contribution in [3.8, 4) is 0 Å². The van der Waals surface area contributed by atoms with Crippen molar-refractivity contribution in [1.82, 2.24) is 9.88 Å². The molecule has 1 spiro atoms. The predicted molar refractivity (Wildman–Crippen MR) is 69.3 cm³/mol. The quantitative estimate of drug-likeness (QED) is 0.824. The summed E-state index contributed by atoms with van der Waals surface area (Å²) in [6.07, 6.45) is 4.73. The van der Waals surface area contributed by atoms with E-state index in [1.807, 2.05) is 15.8 Å². The molecule has 1 amide bonds. The molecule has 0 aliphatic carbocycles. The molecule has 0 aromatic carbocycles. The zero-order chi connectivity index (χ0) is 12.4. The Morgan fingerprint density at radius 1 is 1.44 bits per heavy atom. The van der Waals surface area contributed by atoms with Gasteiger partial charge >= 0.3 is 0 Å². The summed E-state index contributed by atoms with van der Waals surface area (Å²) in [6, 6.07) is 0. The SMILES string of the molecule is O=C1CCC2(CCCO2)CCN1Cc1cscn1. The summed E-state index contributed by atoms with van der Waals surface area (Å²) in [7, 11) is 0. The molecular formula is C13H18N2O2S. The second-order valence-corrected chi connectivity index (χ2v) is 5.90. The van der Waals surface area contributed by atoms with E-state index in [1.165, 1.54) is 0 Å². The number of carbonyl (C=O) groups excluding carboxylic acids is 1. The molecule has 0 N–H and O–H groups in total. The first-order valence-electron chi connectivity index (χ1n) is 6.56. The van der Waals surface area contributed by atoms with E-state index >= 15 is 0 Å². The minimum atomic E-state index is -0.00746. The third kappa shape index (κ3) is 2.42. The molecule has 1 atom stereocenters. The van der Waals surface area contributed by atoms with Crippen LogP contribution in [0.1, 0.15) is 37.8 Å². The van der Waals surface area contributed by atoms with Crippen LogP contribution in [-0.4, -0.2) is 34.5 Å². The molecule has 2 aliphatic heterocycles. The van der Waals surface area contributed by atoms with Gasteiger partial charge in [-0.15, -0.1) is 11.3 Å². The third-order valence-electron chi connectivity index (χ3n) is 4.01. The van der Waals surface area contributed by atoms with Crippen LogP contribution in [0.3, 0.4) is 0 Å². The van der Waals surface area contributed by atoms with E-state index in [2.05, 4.69) is 4.98 Å². The topological polar surface area (TPSA) is 42.4 Å². The van der Waals surface area contributed by atoms with Gasteiger partial charge in [-0.05, 0) is 25.7 Å². The lowest BCUT2D eigenvalue weighted by Gasteiger charge is -2.26. The number of hydrogen-bond acceptors (Lipinski definition) is 4. The molecule has 2 aliphatic rings. The highest BCUT2D eigenvalue weighted by Gasteiger charge is 2.38. The molecule has 3 rings (SSSR count). The van der Waals surface area contributed by atoms with E-state index in [0.29, 0.717) is 13.0 Å². The van der Waals surface area contributed by atoms with Crippen molar-refractivity contribution in [2.24, 2.45) is 0 Å². The van der Waals surface area contributed by atoms with Crippen LogP contribution >= 0.6 is 11.3 Å². The predicted octanol–water partition coefficient (Wildman–Crippen LogP) is 2.20. The van der Waals surface area contributed by atoms with Gasteiger partial charge in [-0.3, -0.25) is 4.79 Å².